The van der Waals surface area contributed by atoms with E-state index in [1.165, 1.54) is 25.7 Å². The van der Waals surface area contributed by atoms with Crippen LogP contribution < -0.4 is 16.4 Å². The summed E-state index contributed by atoms with van der Waals surface area (Å²) in [4.78, 5) is 15.9. The summed E-state index contributed by atoms with van der Waals surface area (Å²) in [5.74, 6) is 1.18. The van der Waals surface area contributed by atoms with Crippen LogP contribution in [0.1, 0.15) is 60.3 Å². The largest absolute Gasteiger partial charge is 0.369 e. The normalized spacial score (nSPS) is 18.0. The minimum atomic E-state index is -0.617. The van der Waals surface area contributed by atoms with Gasteiger partial charge in [-0.1, -0.05) is 20.3 Å². The van der Waals surface area contributed by atoms with Crippen LogP contribution in [-0.2, 0) is 4.79 Å². The monoisotopic (exact) mass is 310 g/mol. The van der Waals surface area contributed by atoms with E-state index < -0.39 is 5.41 Å². The Morgan fingerprint density at radius 3 is 2.36 bits per heavy atom. The van der Waals surface area contributed by atoms with Gasteiger partial charge in [-0.2, -0.15) is 0 Å². The number of amides is 1. The number of nitrogens with one attached hydrogen (secondary N) is 2. The predicted molar refractivity (Wildman–Crippen MR) is 92.7 cm³/mol. The number of rotatable bonds is 8. The fourth-order valence-corrected chi connectivity index (χ4v) is 2.96. The maximum atomic E-state index is 11.4. The third-order valence-corrected chi connectivity index (χ3v) is 4.53. The Balaban J connectivity index is 2.62. The molecule has 1 aliphatic rings. The molecule has 1 rings (SSSR count). The van der Waals surface area contributed by atoms with E-state index in [0.717, 1.165) is 25.0 Å². The highest BCUT2D eigenvalue weighted by atomic mass is 16.1. The molecule has 0 saturated heterocycles. The van der Waals surface area contributed by atoms with Crippen LogP contribution in [0.15, 0.2) is 4.99 Å². The Hall–Kier alpha value is -1.26. The van der Waals surface area contributed by atoms with Gasteiger partial charge in [0.25, 0.3) is 0 Å². The van der Waals surface area contributed by atoms with Crippen LogP contribution in [0.5, 0.6) is 0 Å². The van der Waals surface area contributed by atoms with Crippen LogP contribution in [0.3, 0.4) is 0 Å². The molecule has 5 heteroatoms. The average Bonchev–Trinajstić information content (AvgIpc) is 2.37. The average molecular weight is 310 g/mol. The molecule has 0 aromatic carbocycles. The van der Waals surface area contributed by atoms with E-state index in [1.54, 1.807) is 0 Å². The third kappa shape index (κ3) is 5.50. The Morgan fingerprint density at radius 1 is 1.32 bits per heavy atom. The third-order valence-electron chi connectivity index (χ3n) is 4.53. The van der Waals surface area contributed by atoms with Crippen molar-refractivity contribution >= 4 is 11.9 Å². The van der Waals surface area contributed by atoms with Gasteiger partial charge in [0.05, 0.1) is 12.0 Å². The van der Waals surface area contributed by atoms with Crippen molar-refractivity contribution < 1.29 is 4.79 Å². The van der Waals surface area contributed by atoms with Crippen molar-refractivity contribution in [1.82, 2.24) is 10.6 Å². The lowest BCUT2D eigenvalue weighted by atomic mass is 9.64. The van der Waals surface area contributed by atoms with Gasteiger partial charge in [-0.25, -0.2) is 0 Å². The van der Waals surface area contributed by atoms with Gasteiger partial charge in [-0.05, 0) is 51.4 Å². The second-order valence-electron chi connectivity index (χ2n) is 7.75. The fraction of sp³-hybridized carbons (Fsp3) is 0.882. The van der Waals surface area contributed by atoms with Crippen LogP contribution >= 0.6 is 0 Å². The number of carbonyl (C=O) groups is 1. The van der Waals surface area contributed by atoms with Crippen LogP contribution in [-0.4, -0.2) is 31.5 Å². The molecule has 0 aromatic heterocycles. The first-order valence-electron chi connectivity index (χ1n) is 8.53. The van der Waals surface area contributed by atoms with Crippen LogP contribution in [0.2, 0.25) is 0 Å². The van der Waals surface area contributed by atoms with Gasteiger partial charge in [0, 0.05) is 13.1 Å². The van der Waals surface area contributed by atoms with Crippen molar-refractivity contribution in [1.29, 1.82) is 0 Å². The molecule has 0 spiro atoms. The lowest BCUT2D eigenvalue weighted by Gasteiger charge is -2.43. The molecule has 0 radical (unpaired) electrons. The number of aliphatic imine (C=N–C) groups is 1. The zero-order chi connectivity index (χ0) is 16.8. The molecule has 22 heavy (non-hydrogen) atoms. The van der Waals surface area contributed by atoms with Crippen molar-refractivity contribution in [2.75, 3.05) is 19.6 Å². The molecule has 1 amide bonds. The summed E-state index contributed by atoms with van der Waals surface area (Å²) in [5.41, 5.74) is 5.21. The van der Waals surface area contributed by atoms with E-state index in [2.05, 4.69) is 29.5 Å². The highest BCUT2D eigenvalue weighted by Crippen LogP contribution is 2.45. The van der Waals surface area contributed by atoms with Gasteiger partial charge in [0.1, 0.15) is 0 Å². The van der Waals surface area contributed by atoms with Crippen molar-refractivity contribution in [2.24, 2.45) is 27.5 Å². The van der Waals surface area contributed by atoms with E-state index in [9.17, 15) is 4.79 Å². The molecule has 128 valence electrons. The highest BCUT2D eigenvalue weighted by molar-refractivity contribution is 5.82. The van der Waals surface area contributed by atoms with E-state index in [4.69, 9.17) is 5.73 Å². The molecule has 0 unspecified atom stereocenters. The van der Waals surface area contributed by atoms with Crippen molar-refractivity contribution in [3.63, 3.8) is 0 Å². The van der Waals surface area contributed by atoms with E-state index in [-0.39, 0.29) is 5.91 Å². The molecule has 1 fully saturated rings. The number of guanidine groups is 1. The molecule has 0 aliphatic heterocycles. The lowest BCUT2D eigenvalue weighted by molar-refractivity contribution is -0.125. The van der Waals surface area contributed by atoms with Crippen molar-refractivity contribution in [3.8, 4) is 0 Å². The van der Waals surface area contributed by atoms with E-state index >= 15 is 0 Å². The summed E-state index contributed by atoms with van der Waals surface area (Å²) in [7, 11) is 0. The zero-order valence-electron chi connectivity index (χ0n) is 15.0. The summed E-state index contributed by atoms with van der Waals surface area (Å²) in [6, 6.07) is 0. The maximum absolute atomic E-state index is 11.4. The molecular weight excluding hydrogens is 276 g/mol. The SMILES string of the molecule is CCNC(=NCC(C)(C)C(N)=O)NCC1(CC(C)C)CCC1. The standard InChI is InChI=1S/C17H34N4O/c1-6-19-15(20-11-16(4,5)14(18)22)21-12-17(8-7-9-17)10-13(2)3/h13H,6-12H2,1-5H3,(H2,18,22)(H2,19,20,21). The summed E-state index contributed by atoms with van der Waals surface area (Å²) in [5, 5.41) is 6.72. The fourth-order valence-electron chi connectivity index (χ4n) is 2.96. The van der Waals surface area contributed by atoms with Gasteiger partial charge in [0.2, 0.25) is 5.91 Å². The van der Waals surface area contributed by atoms with Crippen LogP contribution in [0.4, 0.5) is 0 Å². The van der Waals surface area contributed by atoms with Gasteiger partial charge in [0.15, 0.2) is 5.96 Å². The second-order valence-corrected chi connectivity index (χ2v) is 7.75. The number of hydrogen-bond donors (Lipinski definition) is 3. The first-order chi connectivity index (χ1) is 10.2. The Bertz CT molecular complexity index is 397. The van der Waals surface area contributed by atoms with Crippen molar-refractivity contribution in [2.45, 2.75) is 60.3 Å². The molecular formula is C17H34N4O. The summed E-state index contributed by atoms with van der Waals surface area (Å²) in [6.07, 6.45) is 5.18. The Morgan fingerprint density at radius 2 is 1.95 bits per heavy atom. The number of nitrogens with two attached hydrogens (primary N) is 1. The van der Waals surface area contributed by atoms with E-state index in [1.807, 2.05) is 20.8 Å². The smallest absolute Gasteiger partial charge is 0.224 e. The number of nitrogens with zero attached hydrogens (tertiary/aromatic N) is 1. The van der Waals surface area contributed by atoms with Gasteiger partial charge < -0.3 is 16.4 Å². The molecule has 0 aromatic rings. The molecule has 1 saturated carbocycles. The van der Waals surface area contributed by atoms with E-state index in [0.29, 0.717) is 12.0 Å². The van der Waals surface area contributed by atoms with Gasteiger partial charge >= 0.3 is 0 Å². The number of primary amides is 1. The Kier molecular flexibility index (Phi) is 6.69. The number of carbonyl (C=O) groups excluding carboxylic acids is 1. The summed E-state index contributed by atoms with van der Waals surface area (Å²) >= 11 is 0. The minimum Gasteiger partial charge on any atom is -0.369 e. The first kappa shape index (κ1) is 18.8. The summed E-state index contributed by atoms with van der Waals surface area (Å²) < 4.78 is 0. The van der Waals surface area contributed by atoms with Crippen LogP contribution in [0.25, 0.3) is 0 Å². The zero-order valence-corrected chi connectivity index (χ0v) is 15.0. The van der Waals surface area contributed by atoms with Crippen molar-refractivity contribution in [3.05, 3.63) is 0 Å². The first-order valence-corrected chi connectivity index (χ1v) is 8.53. The molecule has 4 N–H and O–H groups in total. The molecule has 1 aliphatic carbocycles. The lowest BCUT2D eigenvalue weighted by Crippen LogP contribution is -2.47. The quantitative estimate of drug-likeness (QED) is 0.475. The predicted octanol–water partition coefficient (Wildman–Crippen LogP) is 2.27. The summed E-state index contributed by atoms with van der Waals surface area (Å²) in [6.45, 7) is 12.4. The minimum absolute atomic E-state index is 0.317. The molecule has 0 bridgehead atoms. The molecule has 0 heterocycles. The maximum Gasteiger partial charge on any atom is 0.224 e. The molecule has 5 nitrogen and oxygen atoms in total. The van der Waals surface area contributed by atoms with Crippen LogP contribution in [0, 0.1) is 16.7 Å². The van der Waals surface area contributed by atoms with Gasteiger partial charge in [-0.15, -0.1) is 0 Å². The topological polar surface area (TPSA) is 79.5 Å². The Labute approximate surface area is 135 Å². The number of hydrogen-bond acceptors (Lipinski definition) is 2. The second kappa shape index (κ2) is 7.84. The highest BCUT2D eigenvalue weighted by Gasteiger charge is 2.37. The molecule has 0 atom stereocenters. The van der Waals surface area contributed by atoms with Gasteiger partial charge in [-0.3, -0.25) is 9.79 Å².